The summed E-state index contributed by atoms with van der Waals surface area (Å²) in [5.74, 6) is 0.948. The van der Waals surface area contributed by atoms with E-state index >= 15 is 0 Å². The van der Waals surface area contributed by atoms with E-state index in [1.807, 2.05) is 6.07 Å². The number of hydrogen-bond donors (Lipinski definition) is 1. The monoisotopic (exact) mass is 151 g/mol. The Morgan fingerprint density at radius 3 is 3.18 bits per heavy atom. The number of hydrogen-bond acceptors (Lipinski definition) is 3. The number of fused-ring (bicyclic) bond motifs is 1. The van der Waals surface area contributed by atoms with Crippen molar-refractivity contribution in [3.05, 3.63) is 23.7 Å². The molecule has 58 valence electrons. The van der Waals surface area contributed by atoms with Crippen molar-refractivity contribution < 1.29 is 9.62 Å². The molecule has 0 spiro atoms. The van der Waals surface area contributed by atoms with Crippen LogP contribution in [-0.4, -0.2) is 10.9 Å². The van der Waals surface area contributed by atoms with Crippen molar-refractivity contribution in [1.29, 1.82) is 0 Å². The summed E-state index contributed by atoms with van der Waals surface area (Å²) >= 11 is 0. The summed E-state index contributed by atoms with van der Waals surface area (Å²) in [6.45, 7) is 0. The highest BCUT2D eigenvalue weighted by atomic mass is 16.4. The highest BCUT2D eigenvalue weighted by Gasteiger charge is 2.17. The van der Waals surface area contributed by atoms with Gasteiger partial charge in [0.05, 0.1) is 12.0 Å². The summed E-state index contributed by atoms with van der Waals surface area (Å²) < 4.78 is 5.20. The fourth-order valence-electron chi connectivity index (χ4n) is 1.45. The number of aryl methyl sites for hydroxylation is 1. The second-order valence-corrected chi connectivity index (χ2v) is 2.66. The van der Waals surface area contributed by atoms with Gasteiger partial charge in [-0.2, -0.15) is 0 Å². The molecule has 0 saturated heterocycles. The first kappa shape index (κ1) is 6.46. The highest BCUT2D eigenvalue weighted by molar-refractivity contribution is 6.01. The Bertz CT molecular complexity index is 288. The van der Waals surface area contributed by atoms with E-state index in [0.717, 1.165) is 36.3 Å². The van der Waals surface area contributed by atoms with Gasteiger partial charge in [-0.25, -0.2) is 0 Å². The molecule has 0 bridgehead atoms. The first-order valence-corrected chi connectivity index (χ1v) is 3.69. The quantitative estimate of drug-likeness (QED) is 0.454. The van der Waals surface area contributed by atoms with Crippen LogP contribution in [0.1, 0.15) is 24.2 Å². The van der Waals surface area contributed by atoms with Gasteiger partial charge in [-0.1, -0.05) is 5.16 Å². The minimum absolute atomic E-state index is 0.750. The van der Waals surface area contributed by atoms with Crippen LogP contribution in [0.15, 0.2) is 21.9 Å². The number of nitrogens with zero attached hydrogens (tertiary/aromatic N) is 1. The summed E-state index contributed by atoms with van der Waals surface area (Å²) in [4.78, 5) is 0. The standard InChI is InChI=1S/C8H9NO2/c10-9-7-2-1-3-8-6(7)4-5-11-8/h4-5,10H,1-3H2. The lowest BCUT2D eigenvalue weighted by Gasteiger charge is -2.09. The van der Waals surface area contributed by atoms with Gasteiger partial charge in [-0.3, -0.25) is 0 Å². The maximum atomic E-state index is 8.60. The maximum absolute atomic E-state index is 8.60. The summed E-state index contributed by atoms with van der Waals surface area (Å²) in [7, 11) is 0. The van der Waals surface area contributed by atoms with Gasteiger partial charge in [0.25, 0.3) is 0 Å². The van der Waals surface area contributed by atoms with E-state index in [9.17, 15) is 0 Å². The van der Waals surface area contributed by atoms with Crippen LogP contribution in [-0.2, 0) is 6.42 Å². The lowest BCUT2D eigenvalue weighted by atomic mass is 9.97. The maximum Gasteiger partial charge on any atom is 0.112 e. The van der Waals surface area contributed by atoms with Crippen molar-refractivity contribution >= 4 is 5.71 Å². The fourth-order valence-corrected chi connectivity index (χ4v) is 1.45. The number of furan rings is 1. The molecule has 1 aliphatic carbocycles. The molecule has 3 heteroatoms. The van der Waals surface area contributed by atoms with Crippen LogP contribution in [0.25, 0.3) is 0 Å². The molecule has 0 atom stereocenters. The molecule has 0 unspecified atom stereocenters. The predicted molar refractivity (Wildman–Crippen MR) is 40.0 cm³/mol. The van der Waals surface area contributed by atoms with Gasteiger partial charge in [0.1, 0.15) is 5.76 Å². The van der Waals surface area contributed by atoms with E-state index in [-0.39, 0.29) is 0 Å². The largest absolute Gasteiger partial charge is 0.469 e. The third-order valence-electron chi connectivity index (χ3n) is 1.99. The SMILES string of the molecule is ON=C1CCCc2occc21. The summed E-state index contributed by atoms with van der Waals surface area (Å²) in [5, 5.41) is 11.8. The Morgan fingerprint density at radius 2 is 2.36 bits per heavy atom. The van der Waals surface area contributed by atoms with Crippen LogP contribution in [0.5, 0.6) is 0 Å². The topological polar surface area (TPSA) is 45.7 Å². The number of oxime groups is 1. The van der Waals surface area contributed by atoms with Crippen LogP contribution in [0.2, 0.25) is 0 Å². The Kier molecular flexibility index (Phi) is 1.42. The normalized spacial score (nSPS) is 20.2. The minimum Gasteiger partial charge on any atom is -0.469 e. The molecule has 11 heavy (non-hydrogen) atoms. The van der Waals surface area contributed by atoms with E-state index in [1.54, 1.807) is 6.26 Å². The van der Waals surface area contributed by atoms with Crippen molar-refractivity contribution in [3.8, 4) is 0 Å². The lowest BCUT2D eigenvalue weighted by molar-refractivity contribution is 0.317. The van der Waals surface area contributed by atoms with Gasteiger partial charge in [0.2, 0.25) is 0 Å². The van der Waals surface area contributed by atoms with Crippen LogP contribution in [0, 0.1) is 0 Å². The molecule has 1 aromatic rings. The molecule has 1 aliphatic rings. The van der Waals surface area contributed by atoms with Crippen molar-refractivity contribution in [2.75, 3.05) is 0 Å². The Balaban J connectivity index is 2.48. The molecule has 2 rings (SSSR count). The molecule has 1 heterocycles. The Labute approximate surface area is 64.3 Å². The summed E-state index contributed by atoms with van der Waals surface area (Å²) in [5.41, 5.74) is 1.72. The molecule has 0 aliphatic heterocycles. The van der Waals surface area contributed by atoms with E-state index < -0.39 is 0 Å². The molecule has 1 aromatic heterocycles. The van der Waals surface area contributed by atoms with Crippen LogP contribution >= 0.6 is 0 Å². The van der Waals surface area contributed by atoms with Gasteiger partial charge < -0.3 is 9.62 Å². The second-order valence-electron chi connectivity index (χ2n) is 2.66. The first-order chi connectivity index (χ1) is 5.42. The average molecular weight is 151 g/mol. The first-order valence-electron chi connectivity index (χ1n) is 3.69. The minimum atomic E-state index is 0.750. The third kappa shape index (κ3) is 0.926. The molecule has 0 saturated carbocycles. The zero-order valence-electron chi connectivity index (χ0n) is 6.08. The molecule has 0 fully saturated rings. The van der Waals surface area contributed by atoms with E-state index in [4.69, 9.17) is 9.62 Å². The zero-order chi connectivity index (χ0) is 7.68. The zero-order valence-corrected chi connectivity index (χ0v) is 6.08. The van der Waals surface area contributed by atoms with Gasteiger partial charge in [-0.05, 0) is 18.9 Å². The number of rotatable bonds is 0. The van der Waals surface area contributed by atoms with Crippen molar-refractivity contribution in [1.82, 2.24) is 0 Å². The fraction of sp³-hybridized carbons (Fsp3) is 0.375. The highest BCUT2D eigenvalue weighted by Crippen LogP contribution is 2.22. The van der Waals surface area contributed by atoms with E-state index in [2.05, 4.69) is 5.16 Å². The molecule has 1 N–H and O–H groups in total. The second kappa shape index (κ2) is 2.42. The van der Waals surface area contributed by atoms with Crippen LogP contribution < -0.4 is 0 Å². The third-order valence-corrected chi connectivity index (χ3v) is 1.99. The van der Waals surface area contributed by atoms with E-state index in [1.165, 1.54) is 0 Å². The van der Waals surface area contributed by atoms with Gasteiger partial charge >= 0.3 is 0 Å². The van der Waals surface area contributed by atoms with Crippen molar-refractivity contribution in [2.45, 2.75) is 19.3 Å². The van der Waals surface area contributed by atoms with E-state index in [0.29, 0.717) is 0 Å². The Hall–Kier alpha value is -1.25. The van der Waals surface area contributed by atoms with Gasteiger partial charge in [0.15, 0.2) is 0 Å². The molecular weight excluding hydrogens is 142 g/mol. The van der Waals surface area contributed by atoms with Crippen LogP contribution in [0.3, 0.4) is 0 Å². The predicted octanol–water partition coefficient (Wildman–Crippen LogP) is 1.79. The molecule has 0 radical (unpaired) electrons. The summed E-state index contributed by atoms with van der Waals surface area (Å²) in [6, 6.07) is 1.85. The van der Waals surface area contributed by atoms with Gasteiger partial charge in [0, 0.05) is 12.0 Å². The molecular formula is C8H9NO2. The molecule has 0 amide bonds. The lowest BCUT2D eigenvalue weighted by Crippen LogP contribution is -2.09. The summed E-state index contributed by atoms with van der Waals surface area (Å²) in [6.07, 6.45) is 4.46. The van der Waals surface area contributed by atoms with Gasteiger partial charge in [-0.15, -0.1) is 0 Å². The van der Waals surface area contributed by atoms with Crippen LogP contribution in [0.4, 0.5) is 0 Å². The Morgan fingerprint density at radius 1 is 1.45 bits per heavy atom. The van der Waals surface area contributed by atoms with Crippen molar-refractivity contribution in [2.24, 2.45) is 5.16 Å². The molecule has 3 nitrogen and oxygen atoms in total. The molecule has 0 aromatic carbocycles. The smallest absolute Gasteiger partial charge is 0.112 e. The average Bonchev–Trinajstić information content (AvgIpc) is 2.50. The van der Waals surface area contributed by atoms with Crippen molar-refractivity contribution in [3.63, 3.8) is 0 Å².